The zero-order valence-electron chi connectivity index (χ0n) is 25.7. The topological polar surface area (TPSA) is 116 Å². The number of carbonyl (C=O) groups is 2. The second-order valence-corrected chi connectivity index (χ2v) is 14.0. The number of nitrogens with one attached hydrogen (secondary N) is 2. The molecule has 1 spiro atoms. The molecule has 2 aromatic carbocycles. The van der Waals surface area contributed by atoms with Gasteiger partial charge in [0.2, 0.25) is 0 Å². The van der Waals surface area contributed by atoms with Crippen molar-refractivity contribution in [3.8, 4) is 0 Å². The van der Waals surface area contributed by atoms with E-state index < -0.39 is 5.66 Å². The van der Waals surface area contributed by atoms with Gasteiger partial charge in [0.05, 0.1) is 12.6 Å². The summed E-state index contributed by atoms with van der Waals surface area (Å²) in [5.41, 5.74) is 2.99. The highest BCUT2D eigenvalue weighted by molar-refractivity contribution is 6.47. The molecular formula is C33H39Cl2N7O2. The molecule has 44 heavy (non-hydrogen) atoms. The lowest BCUT2D eigenvalue weighted by Gasteiger charge is -2.46. The number of aromatic nitrogens is 4. The van der Waals surface area contributed by atoms with Gasteiger partial charge >= 0.3 is 0 Å². The molecule has 232 valence electrons. The number of hydrogen-bond acceptors (Lipinski definition) is 6. The van der Waals surface area contributed by atoms with Gasteiger partial charge < -0.3 is 10.2 Å². The molecule has 3 aromatic rings. The minimum absolute atomic E-state index is 0.0466. The molecule has 0 radical (unpaired) electrons. The molecule has 5 rings (SSSR count). The van der Waals surface area contributed by atoms with Gasteiger partial charge in [0.1, 0.15) is 11.4 Å². The van der Waals surface area contributed by atoms with Crippen LogP contribution in [0.3, 0.4) is 0 Å². The Hall–Kier alpha value is -3.56. The lowest BCUT2D eigenvalue weighted by Crippen LogP contribution is -2.51. The van der Waals surface area contributed by atoms with E-state index in [0.29, 0.717) is 38.6 Å². The number of nitrogens with zero attached hydrogens (tertiary/aromatic N) is 5. The van der Waals surface area contributed by atoms with Crippen molar-refractivity contribution >= 4 is 40.7 Å². The van der Waals surface area contributed by atoms with Crippen LogP contribution in [0.15, 0.2) is 59.6 Å². The highest BCUT2D eigenvalue weighted by atomic mass is 35.5. The van der Waals surface area contributed by atoms with Crippen LogP contribution in [0.1, 0.15) is 99.6 Å². The summed E-state index contributed by atoms with van der Waals surface area (Å²) in [4.78, 5) is 34.7. The number of allylic oxidation sites excluding steroid dienone is 1. The second-order valence-electron chi connectivity index (χ2n) is 13.1. The quantitative estimate of drug-likeness (QED) is 0.243. The zero-order chi connectivity index (χ0) is 31.6. The van der Waals surface area contributed by atoms with Gasteiger partial charge in [-0.25, -0.2) is 0 Å². The molecule has 2 aliphatic rings. The summed E-state index contributed by atoms with van der Waals surface area (Å²) in [6.07, 6.45) is 4.89. The molecule has 1 saturated carbocycles. The third-order valence-corrected chi connectivity index (χ3v) is 9.08. The second kappa shape index (κ2) is 12.8. The Labute approximate surface area is 268 Å². The largest absolute Gasteiger partial charge is 0.345 e. The van der Waals surface area contributed by atoms with Crippen molar-refractivity contribution < 1.29 is 9.59 Å². The summed E-state index contributed by atoms with van der Waals surface area (Å²) in [7, 11) is 0. The lowest BCUT2D eigenvalue weighted by molar-refractivity contribution is -0.133. The predicted octanol–water partition coefficient (Wildman–Crippen LogP) is 7.10. The highest BCUT2D eigenvalue weighted by Crippen LogP contribution is 2.48. The van der Waals surface area contributed by atoms with Crippen LogP contribution in [0.25, 0.3) is 0 Å². The molecule has 2 amide bonds. The molecule has 11 heteroatoms. The Balaban J connectivity index is 1.50. The maximum absolute atomic E-state index is 14.5. The lowest BCUT2D eigenvalue weighted by atomic mass is 9.77. The fourth-order valence-electron chi connectivity index (χ4n) is 6.24. The highest BCUT2D eigenvalue weighted by Gasteiger charge is 2.52. The van der Waals surface area contributed by atoms with E-state index in [1.165, 1.54) is 5.57 Å². The zero-order valence-corrected chi connectivity index (χ0v) is 27.2. The smallest absolute Gasteiger partial charge is 0.275 e. The van der Waals surface area contributed by atoms with Crippen LogP contribution in [0, 0.1) is 11.3 Å². The van der Waals surface area contributed by atoms with E-state index in [2.05, 4.69) is 60.2 Å². The molecule has 9 nitrogen and oxygen atoms in total. The molecule has 1 fully saturated rings. The molecule has 1 aliphatic heterocycles. The minimum Gasteiger partial charge on any atom is -0.345 e. The molecule has 2 heterocycles. The van der Waals surface area contributed by atoms with E-state index in [4.69, 9.17) is 28.2 Å². The number of carbonyl (C=O) groups excluding carboxylic acids is 2. The van der Waals surface area contributed by atoms with Crippen molar-refractivity contribution in [1.82, 2.24) is 30.8 Å². The predicted molar refractivity (Wildman–Crippen MR) is 173 cm³/mol. The van der Waals surface area contributed by atoms with Crippen molar-refractivity contribution in [3.05, 3.63) is 87.2 Å². The minimum atomic E-state index is -0.698. The number of tetrazole rings is 1. The normalized spacial score (nSPS) is 21.0. The van der Waals surface area contributed by atoms with Crippen molar-refractivity contribution in [3.63, 3.8) is 0 Å². The Morgan fingerprint density at radius 1 is 1.14 bits per heavy atom. The monoisotopic (exact) mass is 635 g/mol. The number of aromatic amines is 1. The van der Waals surface area contributed by atoms with Gasteiger partial charge in [-0.1, -0.05) is 73.5 Å². The number of rotatable bonds is 9. The summed E-state index contributed by atoms with van der Waals surface area (Å²) < 4.78 is 0. The number of aliphatic imine (C=N–C) groups is 1. The maximum Gasteiger partial charge on any atom is 0.275 e. The Morgan fingerprint density at radius 3 is 2.36 bits per heavy atom. The van der Waals surface area contributed by atoms with Crippen LogP contribution >= 0.6 is 23.2 Å². The first-order chi connectivity index (χ1) is 20.8. The van der Waals surface area contributed by atoms with Crippen LogP contribution in [0.5, 0.6) is 0 Å². The summed E-state index contributed by atoms with van der Waals surface area (Å²) >= 11 is 12.8. The first-order valence-electron chi connectivity index (χ1n) is 15.0. The number of benzene rings is 2. The van der Waals surface area contributed by atoms with Gasteiger partial charge in [0.15, 0.2) is 5.82 Å². The molecule has 1 atom stereocenters. The van der Waals surface area contributed by atoms with E-state index in [-0.39, 0.29) is 29.8 Å². The Kier molecular flexibility index (Phi) is 9.28. The molecule has 1 aromatic heterocycles. The number of H-pyrrole nitrogens is 1. The van der Waals surface area contributed by atoms with Gasteiger partial charge in [0, 0.05) is 21.2 Å². The van der Waals surface area contributed by atoms with E-state index in [0.717, 1.165) is 44.1 Å². The van der Waals surface area contributed by atoms with Crippen molar-refractivity contribution in [1.29, 1.82) is 0 Å². The molecule has 2 N–H and O–H groups in total. The third-order valence-electron chi connectivity index (χ3n) is 8.64. The Morgan fingerprint density at radius 2 is 1.80 bits per heavy atom. The summed E-state index contributed by atoms with van der Waals surface area (Å²) in [6, 6.07) is 12.4. The first-order valence-corrected chi connectivity index (χ1v) is 15.8. The van der Waals surface area contributed by atoms with Crippen LogP contribution in [0.4, 0.5) is 0 Å². The molecular weight excluding hydrogens is 597 g/mol. The fraction of sp³-hybridized carbons (Fsp3) is 0.455. The van der Waals surface area contributed by atoms with Gasteiger partial charge in [-0.15, -0.1) is 10.2 Å². The molecule has 0 bridgehead atoms. The van der Waals surface area contributed by atoms with Crippen LogP contribution < -0.4 is 5.32 Å². The van der Waals surface area contributed by atoms with Crippen LogP contribution in [-0.4, -0.2) is 48.7 Å². The standard InChI is InChI=1S/C33H39Cl2N7O2/c1-20(2)21-10-14-33(15-11-21)37-29(24-16-25(34)18-26(35)17-24)31(44)42(33)27(12-13-32(3,4)5)22-6-8-23(9-7-22)30(43)36-19-28-38-40-41-39-28/h6-9,16-18,21,27H,1,10-15,19H2,2-5H3,(H,36,43)(H,38,39,40,41)/t21?,27-,33?/m0/s1. The van der Waals surface area contributed by atoms with E-state index in [1.54, 1.807) is 30.3 Å². The van der Waals surface area contributed by atoms with Crippen LogP contribution in [-0.2, 0) is 11.3 Å². The number of halogens is 2. The van der Waals surface area contributed by atoms with Gasteiger partial charge in [-0.2, -0.15) is 5.21 Å². The Bertz CT molecular complexity index is 1530. The number of hydrogen-bond donors (Lipinski definition) is 2. The van der Waals surface area contributed by atoms with E-state index in [1.807, 2.05) is 17.0 Å². The maximum atomic E-state index is 14.5. The van der Waals surface area contributed by atoms with Crippen LogP contribution in [0.2, 0.25) is 10.0 Å². The molecule has 0 saturated heterocycles. The van der Waals surface area contributed by atoms with Gasteiger partial charge in [-0.3, -0.25) is 14.6 Å². The average Bonchev–Trinajstić information content (AvgIpc) is 3.58. The molecule has 1 aliphatic carbocycles. The summed E-state index contributed by atoms with van der Waals surface area (Å²) in [5.74, 6) is 0.421. The average molecular weight is 637 g/mol. The van der Waals surface area contributed by atoms with E-state index in [9.17, 15) is 9.59 Å². The van der Waals surface area contributed by atoms with Gasteiger partial charge in [-0.05, 0) is 92.7 Å². The SMILES string of the molecule is C=C(C)C1CCC2(CC1)N=C(c1cc(Cl)cc(Cl)c1)C(=O)N2[C@@H](CCC(C)(C)C)c1ccc(C(=O)NCc2nn[nH]n2)cc1. The third kappa shape index (κ3) is 7.05. The summed E-state index contributed by atoms with van der Waals surface area (Å²) in [6.45, 7) is 13.1. The fourth-order valence-corrected chi connectivity index (χ4v) is 6.76. The summed E-state index contributed by atoms with van der Waals surface area (Å²) in [5, 5.41) is 17.4. The number of amides is 2. The molecule has 0 unspecified atom stereocenters. The first kappa shape index (κ1) is 31.9. The van der Waals surface area contributed by atoms with Crippen molar-refractivity contribution in [2.45, 2.75) is 84.5 Å². The van der Waals surface area contributed by atoms with Crippen molar-refractivity contribution in [2.75, 3.05) is 0 Å². The van der Waals surface area contributed by atoms with Gasteiger partial charge in [0.25, 0.3) is 11.8 Å². The van der Waals surface area contributed by atoms with E-state index >= 15 is 0 Å². The van der Waals surface area contributed by atoms with Crippen molar-refractivity contribution in [2.24, 2.45) is 16.3 Å².